The van der Waals surface area contributed by atoms with Gasteiger partial charge in [0.05, 0.1) is 10.5 Å². The molecule has 0 radical (unpaired) electrons. The van der Waals surface area contributed by atoms with Crippen LogP contribution in [0.2, 0.25) is 0 Å². The van der Waals surface area contributed by atoms with Crippen molar-refractivity contribution in [2.75, 3.05) is 5.32 Å². The predicted molar refractivity (Wildman–Crippen MR) is 91.2 cm³/mol. The molecule has 2 aromatic rings. The fourth-order valence-corrected chi connectivity index (χ4v) is 3.59. The minimum absolute atomic E-state index is 0.0800. The summed E-state index contributed by atoms with van der Waals surface area (Å²) in [5.74, 6) is -1.68. The van der Waals surface area contributed by atoms with Crippen LogP contribution in [0.25, 0.3) is 0 Å². The molecule has 1 aromatic heterocycles. The number of nitro groups is 1. The molecule has 7 nitrogen and oxygen atoms in total. The first kappa shape index (κ1) is 17.6. The van der Waals surface area contributed by atoms with Crippen LogP contribution >= 0.6 is 11.3 Å². The second kappa shape index (κ2) is 6.79. The number of hydrogen-bond acceptors (Lipinski definition) is 5. The summed E-state index contributed by atoms with van der Waals surface area (Å²) >= 11 is 1.19. The molecule has 0 bridgehead atoms. The second-order valence-electron chi connectivity index (χ2n) is 5.21. The zero-order chi connectivity index (χ0) is 18.0. The molecule has 8 heteroatoms. The molecule has 0 saturated heterocycles. The van der Waals surface area contributed by atoms with Crippen LogP contribution in [-0.4, -0.2) is 21.9 Å². The van der Waals surface area contributed by atoms with Crippen molar-refractivity contribution in [3.63, 3.8) is 0 Å². The molecule has 0 aliphatic carbocycles. The summed E-state index contributed by atoms with van der Waals surface area (Å²) < 4.78 is 0. The molecule has 1 aromatic carbocycles. The quantitative estimate of drug-likeness (QED) is 0.631. The molecular weight excluding hydrogens is 332 g/mol. The van der Waals surface area contributed by atoms with Crippen molar-refractivity contribution in [2.45, 2.75) is 27.2 Å². The first-order valence-electron chi connectivity index (χ1n) is 7.18. The van der Waals surface area contributed by atoms with Gasteiger partial charge in [0.15, 0.2) is 0 Å². The third-order valence-corrected chi connectivity index (χ3v) is 4.74. The van der Waals surface area contributed by atoms with Gasteiger partial charge in [-0.3, -0.25) is 14.9 Å². The van der Waals surface area contributed by atoms with E-state index in [1.54, 1.807) is 13.8 Å². The van der Waals surface area contributed by atoms with Crippen molar-refractivity contribution in [1.82, 2.24) is 0 Å². The van der Waals surface area contributed by atoms with E-state index < -0.39 is 16.8 Å². The highest BCUT2D eigenvalue weighted by atomic mass is 32.1. The van der Waals surface area contributed by atoms with E-state index in [2.05, 4.69) is 5.32 Å². The number of rotatable bonds is 5. The van der Waals surface area contributed by atoms with E-state index in [4.69, 9.17) is 0 Å². The first-order chi connectivity index (χ1) is 11.3. The molecule has 0 spiro atoms. The molecule has 0 saturated carbocycles. The summed E-state index contributed by atoms with van der Waals surface area (Å²) in [5.41, 5.74) is 1.28. The minimum Gasteiger partial charge on any atom is -0.478 e. The van der Waals surface area contributed by atoms with Gasteiger partial charge in [0.25, 0.3) is 11.6 Å². The minimum atomic E-state index is -1.11. The Morgan fingerprint density at radius 3 is 2.54 bits per heavy atom. The Balaban J connectivity index is 2.43. The average molecular weight is 348 g/mol. The number of carbonyl (C=O) groups excluding carboxylic acids is 1. The van der Waals surface area contributed by atoms with Crippen LogP contribution in [0, 0.1) is 24.0 Å². The van der Waals surface area contributed by atoms with Crippen LogP contribution < -0.4 is 5.32 Å². The Kier molecular flexibility index (Phi) is 4.99. The van der Waals surface area contributed by atoms with Gasteiger partial charge < -0.3 is 10.4 Å². The maximum absolute atomic E-state index is 12.5. The third kappa shape index (κ3) is 3.28. The monoisotopic (exact) mass is 348 g/mol. The number of anilines is 1. The number of hydrogen-bond donors (Lipinski definition) is 2. The molecule has 1 heterocycles. The molecule has 0 atom stereocenters. The lowest BCUT2D eigenvalue weighted by atomic mass is 10.1. The molecule has 0 aliphatic heterocycles. The zero-order valence-corrected chi connectivity index (χ0v) is 14.2. The van der Waals surface area contributed by atoms with Crippen molar-refractivity contribution < 1.29 is 19.6 Å². The van der Waals surface area contributed by atoms with Gasteiger partial charge in [-0.1, -0.05) is 13.0 Å². The lowest BCUT2D eigenvalue weighted by molar-refractivity contribution is -0.384. The van der Waals surface area contributed by atoms with Crippen molar-refractivity contribution >= 4 is 33.9 Å². The summed E-state index contributed by atoms with van der Waals surface area (Å²) in [5, 5.41) is 23.1. The maximum atomic E-state index is 12.5. The Morgan fingerprint density at radius 2 is 2.00 bits per heavy atom. The van der Waals surface area contributed by atoms with Crippen LogP contribution in [0.1, 0.15) is 43.6 Å². The molecule has 126 valence electrons. The van der Waals surface area contributed by atoms with Gasteiger partial charge >= 0.3 is 5.97 Å². The van der Waals surface area contributed by atoms with Gasteiger partial charge in [-0.2, -0.15) is 0 Å². The lowest BCUT2D eigenvalue weighted by Gasteiger charge is -2.07. The number of carboxylic acids is 1. The third-order valence-electron chi connectivity index (χ3n) is 3.68. The van der Waals surface area contributed by atoms with Gasteiger partial charge in [-0.15, -0.1) is 11.3 Å². The number of non-ortho nitro benzene ring substituents is 1. The Hall–Kier alpha value is -2.74. The van der Waals surface area contributed by atoms with E-state index >= 15 is 0 Å². The number of nitrogens with zero attached hydrogens (tertiary/aromatic N) is 1. The largest absolute Gasteiger partial charge is 0.478 e. The smallest absolute Gasteiger partial charge is 0.339 e. The molecular formula is C16H16N2O5S. The van der Waals surface area contributed by atoms with E-state index in [9.17, 15) is 24.8 Å². The first-order valence-corrected chi connectivity index (χ1v) is 7.99. The number of thiophene rings is 1. The number of aryl methyl sites for hydroxylation is 2. The van der Waals surface area contributed by atoms with Gasteiger partial charge in [-0.05, 0) is 31.4 Å². The summed E-state index contributed by atoms with van der Waals surface area (Å²) in [4.78, 5) is 35.1. The molecule has 2 rings (SSSR count). The molecule has 0 unspecified atom stereocenters. The summed E-state index contributed by atoms with van der Waals surface area (Å²) in [6.07, 6.45) is 0.537. The highest BCUT2D eigenvalue weighted by molar-refractivity contribution is 7.16. The van der Waals surface area contributed by atoms with Crippen molar-refractivity contribution in [3.8, 4) is 0 Å². The second-order valence-corrected chi connectivity index (χ2v) is 6.43. The molecule has 2 N–H and O–H groups in total. The fraction of sp³-hybridized carbons (Fsp3) is 0.250. The maximum Gasteiger partial charge on any atom is 0.339 e. The van der Waals surface area contributed by atoms with Crippen LogP contribution in [0.4, 0.5) is 10.7 Å². The number of carbonyl (C=O) groups is 2. The van der Waals surface area contributed by atoms with E-state index in [-0.39, 0.29) is 21.8 Å². The standard InChI is InChI=1S/C16H16N2O5S/c1-4-11-9(3)24-15(13(11)16(20)21)17-14(19)12-7-10(18(22)23)6-5-8(12)2/h5-7H,4H2,1-3H3,(H,17,19)(H,20,21). The molecule has 1 amide bonds. The topological polar surface area (TPSA) is 110 Å². The van der Waals surface area contributed by atoms with Gasteiger partial charge in [-0.25, -0.2) is 4.79 Å². The van der Waals surface area contributed by atoms with E-state index in [0.717, 1.165) is 4.88 Å². The fourth-order valence-electron chi connectivity index (χ4n) is 2.46. The number of aromatic carboxylic acids is 1. The van der Waals surface area contributed by atoms with E-state index in [1.165, 1.54) is 29.5 Å². The number of amides is 1. The summed E-state index contributed by atoms with van der Waals surface area (Å²) in [6.45, 7) is 5.30. The SMILES string of the molecule is CCc1c(C)sc(NC(=O)c2cc([N+](=O)[O-])ccc2C)c1C(=O)O. The Labute approximate surface area is 142 Å². The Morgan fingerprint density at radius 1 is 1.33 bits per heavy atom. The van der Waals surface area contributed by atoms with E-state index in [0.29, 0.717) is 17.5 Å². The number of nitro benzene ring substituents is 1. The Bertz CT molecular complexity index is 841. The summed E-state index contributed by atoms with van der Waals surface area (Å²) in [6, 6.07) is 3.99. The highest BCUT2D eigenvalue weighted by Crippen LogP contribution is 2.34. The van der Waals surface area contributed by atoms with Gasteiger partial charge in [0.2, 0.25) is 0 Å². The van der Waals surface area contributed by atoms with Crippen LogP contribution in [-0.2, 0) is 6.42 Å². The van der Waals surface area contributed by atoms with Gasteiger partial charge in [0.1, 0.15) is 5.00 Å². The van der Waals surface area contributed by atoms with E-state index in [1.807, 2.05) is 6.92 Å². The lowest BCUT2D eigenvalue weighted by Crippen LogP contribution is -2.15. The zero-order valence-electron chi connectivity index (χ0n) is 13.4. The molecule has 24 heavy (non-hydrogen) atoms. The number of nitrogens with one attached hydrogen (secondary N) is 1. The van der Waals surface area contributed by atoms with Crippen LogP contribution in [0.3, 0.4) is 0 Å². The predicted octanol–water partition coefficient (Wildman–Crippen LogP) is 3.79. The normalized spacial score (nSPS) is 10.5. The summed E-state index contributed by atoms with van der Waals surface area (Å²) in [7, 11) is 0. The average Bonchev–Trinajstić information content (AvgIpc) is 2.82. The van der Waals surface area contributed by atoms with Crippen molar-refractivity contribution in [2.24, 2.45) is 0 Å². The van der Waals surface area contributed by atoms with Crippen molar-refractivity contribution in [1.29, 1.82) is 0 Å². The van der Waals surface area contributed by atoms with Gasteiger partial charge in [0, 0.05) is 22.6 Å². The van der Waals surface area contributed by atoms with Crippen LogP contribution in [0.5, 0.6) is 0 Å². The number of benzene rings is 1. The number of carboxylic acid groups (broad SMARTS) is 1. The highest BCUT2D eigenvalue weighted by Gasteiger charge is 2.23. The van der Waals surface area contributed by atoms with Crippen molar-refractivity contribution in [3.05, 3.63) is 55.4 Å². The molecule has 0 aliphatic rings. The molecule has 0 fully saturated rings. The van der Waals surface area contributed by atoms with Crippen LogP contribution in [0.15, 0.2) is 18.2 Å².